The van der Waals surface area contributed by atoms with E-state index < -0.39 is 16.0 Å². The first-order valence-electron chi connectivity index (χ1n) is 10.9. The minimum Gasteiger partial charge on any atom is -0.462 e. The fraction of sp³-hybridized carbons (Fsp3) is 0.500. The number of allylic oxidation sites excluding steroid dienone is 2. The van der Waals surface area contributed by atoms with Crippen molar-refractivity contribution in [2.75, 3.05) is 39.5 Å². The number of esters is 1. The van der Waals surface area contributed by atoms with E-state index in [4.69, 9.17) is 4.74 Å². The Morgan fingerprint density at radius 3 is 2.12 bits per heavy atom. The first kappa shape index (κ1) is 22.6. The number of amides is 2. The molecule has 3 aliphatic rings. The number of sulfonamides is 1. The van der Waals surface area contributed by atoms with Crippen LogP contribution in [0.1, 0.15) is 30.1 Å². The first-order valence-corrected chi connectivity index (χ1v) is 12.4. The predicted octanol–water partition coefficient (Wildman–Crippen LogP) is -0.339. The number of benzene rings is 1. The zero-order valence-electron chi connectivity index (χ0n) is 18.0. The molecule has 172 valence electrons. The summed E-state index contributed by atoms with van der Waals surface area (Å²) in [5, 5.41) is 0. The molecule has 2 atom stereocenters. The molecule has 9 nitrogen and oxygen atoms in total. The second-order valence-corrected chi connectivity index (χ2v) is 10.3. The van der Waals surface area contributed by atoms with Gasteiger partial charge in [0.05, 0.1) is 55.1 Å². The number of likely N-dealkylation sites (tertiary alicyclic amines) is 1. The lowest BCUT2D eigenvalue weighted by molar-refractivity contribution is -0.910. The summed E-state index contributed by atoms with van der Waals surface area (Å²) in [5.74, 6) is -1.19. The highest BCUT2D eigenvalue weighted by atomic mass is 32.2. The Balaban J connectivity index is 1.35. The quantitative estimate of drug-likeness (QED) is 0.352. The van der Waals surface area contributed by atoms with Crippen molar-refractivity contribution in [2.24, 2.45) is 11.8 Å². The molecule has 2 amide bonds. The maximum absolute atomic E-state index is 13.0. The fourth-order valence-corrected chi connectivity index (χ4v) is 6.02. The Labute approximate surface area is 187 Å². The van der Waals surface area contributed by atoms with Gasteiger partial charge in [0.1, 0.15) is 0 Å². The number of carbonyl (C=O) groups excluding carboxylic acids is 3. The van der Waals surface area contributed by atoms with Gasteiger partial charge < -0.3 is 9.64 Å². The molecule has 0 bridgehead atoms. The van der Waals surface area contributed by atoms with Crippen molar-refractivity contribution in [3.63, 3.8) is 0 Å². The van der Waals surface area contributed by atoms with Crippen molar-refractivity contribution in [1.29, 1.82) is 0 Å². The standard InChI is InChI=1S/C22H27N3O6S/c1-2-31-22(28)16-7-9-17(10-8-16)32(29,30)24-13-11-23(12-14-24)15-25-20(26)18-5-3-4-6-19(18)21(25)27/h3-4,7-10,18-19H,2,5-6,11-15H2,1H3/p+1/t18-,19-/m1/s1. The van der Waals surface area contributed by atoms with Crippen LogP contribution in [0.25, 0.3) is 0 Å². The van der Waals surface area contributed by atoms with Crippen LogP contribution >= 0.6 is 0 Å². The summed E-state index contributed by atoms with van der Waals surface area (Å²) in [7, 11) is -3.69. The number of nitrogens with one attached hydrogen (secondary N) is 1. The highest BCUT2D eigenvalue weighted by Gasteiger charge is 2.48. The van der Waals surface area contributed by atoms with Crippen LogP contribution in [0.4, 0.5) is 0 Å². The van der Waals surface area contributed by atoms with Gasteiger partial charge in [-0.05, 0) is 44.0 Å². The van der Waals surface area contributed by atoms with E-state index in [2.05, 4.69) is 0 Å². The van der Waals surface area contributed by atoms with E-state index in [1.54, 1.807) is 6.92 Å². The predicted molar refractivity (Wildman–Crippen MR) is 114 cm³/mol. The van der Waals surface area contributed by atoms with E-state index in [0.29, 0.717) is 44.6 Å². The average Bonchev–Trinajstić information content (AvgIpc) is 3.05. The monoisotopic (exact) mass is 462 g/mol. The molecule has 1 aromatic carbocycles. The highest BCUT2D eigenvalue weighted by molar-refractivity contribution is 7.89. The van der Waals surface area contributed by atoms with Gasteiger partial charge in [-0.15, -0.1) is 0 Å². The van der Waals surface area contributed by atoms with Crippen molar-refractivity contribution in [2.45, 2.75) is 24.7 Å². The van der Waals surface area contributed by atoms with Crippen LogP contribution in [0, 0.1) is 11.8 Å². The van der Waals surface area contributed by atoms with E-state index in [9.17, 15) is 22.8 Å². The maximum Gasteiger partial charge on any atom is 0.338 e. The lowest BCUT2D eigenvalue weighted by Gasteiger charge is -2.33. The molecule has 2 fully saturated rings. The summed E-state index contributed by atoms with van der Waals surface area (Å²) in [6.07, 6.45) is 5.15. The molecule has 32 heavy (non-hydrogen) atoms. The van der Waals surface area contributed by atoms with Gasteiger partial charge in [0, 0.05) is 0 Å². The molecule has 2 saturated heterocycles. The van der Waals surface area contributed by atoms with Crippen LogP contribution < -0.4 is 4.90 Å². The van der Waals surface area contributed by atoms with Crippen molar-refractivity contribution in [1.82, 2.24) is 9.21 Å². The summed E-state index contributed by atoms with van der Waals surface area (Å²) >= 11 is 0. The lowest BCUT2D eigenvalue weighted by Crippen LogP contribution is -3.16. The molecule has 1 aliphatic carbocycles. The number of carbonyl (C=O) groups is 3. The van der Waals surface area contributed by atoms with Crippen molar-refractivity contribution in [3.8, 4) is 0 Å². The third-order valence-corrected chi connectivity index (χ3v) is 8.33. The third kappa shape index (κ3) is 4.22. The van der Waals surface area contributed by atoms with E-state index in [1.807, 2.05) is 12.2 Å². The molecule has 0 radical (unpaired) electrons. The topological polar surface area (TPSA) is 106 Å². The molecule has 2 heterocycles. The third-order valence-electron chi connectivity index (χ3n) is 6.41. The Hall–Kier alpha value is -2.56. The van der Waals surface area contributed by atoms with Crippen LogP contribution in [0.5, 0.6) is 0 Å². The van der Waals surface area contributed by atoms with Gasteiger partial charge in [0.25, 0.3) is 0 Å². The molecular weight excluding hydrogens is 434 g/mol. The number of rotatable bonds is 6. The Bertz CT molecular complexity index is 1000. The number of ether oxygens (including phenoxy) is 1. The molecular formula is C22H28N3O6S+. The minimum atomic E-state index is -3.69. The second-order valence-electron chi connectivity index (χ2n) is 8.32. The number of hydrogen-bond acceptors (Lipinski definition) is 6. The minimum absolute atomic E-state index is 0.103. The Kier molecular flexibility index (Phi) is 6.45. The highest BCUT2D eigenvalue weighted by Crippen LogP contribution is 2.34. The lowest BCUT2D eigenvalue weighted by atomic mass is 9.85. The average molecular weight is 463 g/mol. The van der Waals surface area contributed by atoms with Crippen LogP contribution in [0.2, 0.25) is 0 Å². The molecule has 1 N–H and O–H groups in total. The number of piperazine rings is 1. The number of nitrogens with zero attached hydrogens (tertiary/aromatic N) is 2. The van der Waals surface area contributed by atoms with Gasteiger partial charge in [-0.2, -0.15) is 4.31 Å². The SMILES string of the molecule is CCOC(=O)c1ccc(S(=O)(=O)N2CC[NH+](CN3C(=O)[C@@H]4CC=CC[C@H]4C3=O)CC2)cc1. The van der Waals surface area contributed by atoms with Gasteiger partial charge in [-0.25, -0.2) is 18.1 Å². The van der Waals surface area contributed by atoms with E-state index >= 15 is 0 Å². The summed E-state index contributed by atoms with van der Waals surface area (Å²) < 4.78 is 32.3. The maximum atomic E-state index is 13.0. The van der Waals surface area contributed by atoms with E-state index in [0.717, 1.165) is 4.90 Å². The molecule has 4 rings (SSSR count). The number of fused-ring (bicyclic) bond motifs is 1. The van der Waals surface area contributed by atoms with Crippen LogP contribution in [0.15, 0.2) is 41.3 Å². The molecule has 10 heteroatoms. The Morgan fingerprint density at radius 2 is 1.59 bits per heavy atom. The van der Waals surface area contributed by atoms with Gasteiger partial charge in [-0.1, -0.05) is 12.2 Å². The zero-order chi connectivity index (χ0) is 22.9. The van der Waals surface area contributed by atoms with Gasteiger partial charge >= 0.3 is 5.97 Å². The first-order chi connectivity index (χ1) is 15.3. The summed E-state index contributed by atoms with van der Waals surface area (Å²) in [6, 6.07) is 5.73. The van der Waals surface area contributed by atoms with Crippen molar-refractivity contribution in [3.05, 3.63) is 42.0 Å². The van der Waals surface area contributed by atoms with Crippen LogP contribution in [0.3, 0.4) is 0 Å². The largest absolute Gasteiger partial charge is 0.462 e. The van der Waals surface area contributed by atoms with Crippen molar-refractivity contribution < 1.29 is 32.4 Å². The summed E-state index contributed by atoms with van der Waals surface area (Å²) in [6.45, 7) is 3.84. The molecule has 1 aromatic rings. The van der Waals surface area contributed by atoms with Crippen LogP contribution in [-0.2, 0) is 24.3 Å². The second kappa shape index (κ2) is 9.13. The van der Waals surface area contributed by atoms with Crippen LogP contribution in [-0.4, -0.2) is 74.9 Å². The smallest absolute Gasteiger partial charge is 0.338 e. The number of hydrogen-bond donors (Lipinski definition) is 1. The van der Waals surface area contributed by atoms with Gasteiger partial charge in [-0.3, -0.25) is 9.59 Å². The van der Waals surface area contributed by atoms with E-state index in [-0.39, 0.29) is 41.8 Å². The fourth-order valence-electron chi connectivity index (χ4n) is 4.58. The zero-order valence-corrected chi connectivity index (χ0v) is 18.8. The van der Waals surface area contributed by atoms with E-state index in [1.165, 1.54) is 33.5 Å². The molecule has 0 spiro atoms. The summed E-state index contributed by atoms with van der Waals surface area (Å²) in [4.78, 5) is 39.6. The molecule has 2 aliphatic heterocycles. The summed E-state index contributed by atoms with van der Waals surface area (Å²) in [5.41, 5.74) is 0.302. The Morgan fingerprint density at radius 1 is 1.03 bits per heavy atom. The number of imide groups is 1. The number of quaternary nitrogens is 1. The molecule has 0 unspecified atom stereocenters. The molecule has 0 aromatic heterocycles. The normalized spacial score (nSPS) is 24.6. The van der Waals surface area contributed by atoms with Crippen molar-refractivity contribution >= 4 is 27.8 Å². The van der Waals surface area contributed by atoms with Gasteiger partial charge in [0.2, 0.25) is 21.8 Å². The van der Waals surface area contributed by atoms with Gasteiger partial charge in [0.15, 0.2) is 6.67 Å². The molecule has 0 saturated carbocycles.